The molecule has 0 aromatic heterocycles. The molecular weight excluding hydrogens is 388 g/mol. The van der Waals surface area contributed by atoms with Crippen LogP contribution in [0.15, 0.2) is 48.5 Å². The molecule has 2 aliphatic rings. The number of ether oxygens (including phenoxy) is 1. The van der Waals surface area contributed by atoms with Gasteiger partial charge in [-0.2, -0.15) is 0 Å². The third kappa shape index (κ3) is 3.85. The number of hydrogen-bond acceptors (Lipinski definition) is 4. The first-order chi connectivity index (χ1) is 14.9. The summed E-state index contributed by atoms with van der Waals surface area (Å²) in [4.78, 5) is 16.3. The predicted molar refractivity (Wildman–Crippen MR) is 122 cm³/mol. The van der Waals surface area contributed by atoms with Gasteiger partial charge in [0.25, 0.3) is 0 Å². The second kappa shape index (κ2) is 8.64. The van der Waals surface area contributed by atoms with Crippen LogP contribution in [0.25, 0.3) is 0 Å². The number of benzene rings is 2. The number of aryl methyl sites for hydroxylation is 2. The standard InChI is InChI=1S/C26H34N2O3/c1-5-22-24(31-25(29)27(22)4)28-17-7-6-8-23(28)26(30,20-13-9-18(2)10-14-20)21-15-11-19(3)12-16-21/h9-16,22-24,30H,5-8,17H2,1-4H3. The van der Waals surface area contributed by atoms with Crippen molar-refractivity contribution in [1.82, 2.24) is 9.80 Å². The number of carbonyl (C=O) groups excluding carboxylic acids is 1. The summed E-state index contributed by atoms with van der Waals surface area (Å²) in [5.74, 6) is 0. The molecule has 31 heavy (non-hydrogen) atoms. The third-order valence-corrected chi connectivity index (χ3v) is 7.09. The third-order valence-electron chi connectivity index (χ3n) is 7.09. The Morgan fingerprint density at radius 3 is 2.06 bits per heavy atom. The highest BCUT2D eigenvalue weighted by Crippen LogP contribution is 2.42. The lowest BCUT2D eigenvalue weighted by Crippen LogP contribution is -2.59. The molecule has 0 spiro atoms. The zero-order chi connectivity index (χ0) is 22.2. The highest BCUT2D eigenvalue weighted by atomic mass is 16.6. The molecule has 2 aromatic carbocycles. The molecule has 166 valence electrons. The first kappa shape index (κ1) is 21.8. The van der Waals surface area contributed by atoms with Gasteiger partial charge < -0.3 is 14.7 Å². The van der Waals surface area contributed by atoms with Crippen molar-refractivity contribution in [3.63, 3.8) is 0 Å². The van der Waals surface area contributed by atoms with Crippen LogP contribution in [0.1, 0.15) is 54.9 Å². The van der Waals surface area contributed by atoms with Crippen LogP contribution in [-0.2, 0) is 10.3 Å². The van der Waals surface area contributed by atoms with Gasteiger partial charge >= 0.3 is 6.09 Å². The van der Waals surface area contributed by atoms with Crippen LogP contribution in [0, 0.1) is 13.8 Å². The SMILES string of the molecule is CCC1C(N2CCCCC2C(O)(c2ccc(C)cc2)c2ccc(C)cc2)OC(=O)N1C. The highest BCUT2D eigenvalue weighted by molar-refractivity contribution is 5.70. The molecule has 0 radical (unpaired) electrons. The maximum atomic E-state index is 12.5. The van der Waals surface area contributed by atoms with Gasteiger partial charge in [0.05, 0.1) is 12.1 Å². The number of piperidine rings is 1. The molecule has 3 unspecified atom stereocenters. The Labute approximate surface area is 185 Å². The smallest absolute Gasteiger partial charge is 0.411 e. The molecule has 4 rings (SSSR count). The van der Waals surface area contributed by atoms with E-state index < -0.39 is 5.60 Å². The van der Waals surface area contributed by atoms with Crippen molar-refractivity contribution in [2.75, 3.05) is 13.6 Å². The van der Waals surface area contributed by atoms with Crippen LogP contribution in [0.3, 0.4) is 0 Å². The lowest BCUT2D eigenvalue weighted by atomic mass is 9.75. The number of nitrogens with zero attached hydrogens (tertiary/aromatic N) is 2. The van der Waals surface area contributed by atoms with Crippen LogP contribution >= 0.6 is 0 Å². The summed E-state index contributed by atoms with van der Waals surface area (Å²) in [6, 6.07) is 16.1. The predicted octanol–water partition coefficient (Wildman–Crippen LogP) is 4.58. The van der Waals surface area contributed by atoms with Gasteiger partial charge in [0.1, 0.15) is 5.60 Å². The van der Waals surface area contributed by atoms with Gasteiger partial charge in [0, 0.05) is 13.6 Å². The van der Waals surface area contributed by atoms with Gasteiger partial charge in [-0.25, -0.2) is 4.79 Å². The molecule has 2 aromatic rings. The molecule has 5 nitrogen and oxygen atoms in total. The average molecular weight is 423 g/mol. The molecule has 0 aliphatic carbocycles. The number of hydrogen-bond donors (Lipinski definition) is 1. The summed E-state index contributed by atoms with van der Waals surface area (Å²) in [6.07, 6.45) is 3.08. The van der Waals surface area contributed by atoms with E-state index in [9.17, 15) is 9.90 Å². The van der Waals surface area contributed by atoms with Crippen LogP contribution in [0.5, 0.6) is 0 Å². The zero-order valence-electron chi connectivity index (χ0n) is 19.0. The number of rotatable bonds is 5. The minimum absolute atomic E-state index is 0.0200. The molecule has 2 heterocycles. The second-order valence-electron chi connectivity index (χ2n) is 9.11. The fourth-order valence-corrected chi connectivity index (χ4v) is 5.23. The summed E-state index contributed by atoms with van der Waals surface area (Å²) in [6.45, 7) is 7.00. The Morgan fingerprint density at radius 1 is 1.00 bits per heavy atom. The van der Waals surface area contributed by atoms with E-state index in [2.05, 4.69) is 49.9 Å². The number of likely N-dealkylation sites (N-methyl/N-ethyl adjacent to an activating group) is 1. The van der Waals surface area contributed by atoms with Crippen molar-refractivity contribution < 1.29 is 14.6 Å². The fourth-order valence-electron chi connectivity index (χ4n) is 5.23. The van der Waals surface area contributed by atoms with Crippen molar-refractivity contribution >= 4 is 6.09 Å². The maximum Gasteiger partial charge on any atom is 0.411 e. The number of cyclic esters (lactones) is 1. The van der Waals surface area contributed by atoms with E-state index in [1.54, 1.807) is 4.90 Å². The zero-order valence-corrected chi connectivity index (χ0v) is 19.0. The van der Waals surface area contributed by atoms with Crippen molar-refractivity contribution in [1.29, 1.82) is 0 Å². The van der Waals surface area contributed by atoms with Gasteiger partial charge in [-0.1, -0.05) is 73.0 Å². The summed E-state index contributed by atoms with van der Waals surface area (Å²) < 4.78 is 5.85. The molecule has 2 aliphatic heterocycles. The van der Waals surface area contributed by atoms with Gasteiger partial charge in [0.2, 0.25) is 0 Å². The molecule has 3 atom stereocenters. The van der Waals surface area contributed by atoms with Crippen molar-refractivity contribution in [2.24, 2.45) is 0 Å². The topological polar surface area (TPSA) is 53.0 Å². The molecule has 0 saturated carbocycles. The Balaban J connectivity index is 1.81. The molecule has 2 fully saturated rings. The fraction of sp³-hybridized carbons (Fsp3) is 0.500. The quantitative estimate of drug-likeness (QED) is 0.766. The lowest BCUT2D eigenvalue weighted by molar-refractivity contribution is -0.107. The molecule has 2 saturated heterocycles. The van der Waals surface area contributed by atoms with Gasteiger partial charge in [-0.3, -0.25) is 4.90 Å². The minimum Gasteiger partial charge on any atom is -0.428 e. The largest absolute Gasteiger partial charge is 0.428 e. The van der Waals surface area contributed by atoms with Crippen molar-refractivity contribution in [3.8, 4) is 0 Å². The number of carbonyl (C=O) groups is 1. The molecule has 1 amide bonds. The highest BCUT2D eigenvalue weighted by Gasteiger charge is 2.51. The van der Waals surface area contributed by atoms with Crippen LogP contribution < -0.4 is 0 Å². The number of aliphatic hydroxyl groups is 1. The first-order valence-corrected chi connectivity index (χ1v) is 11.4. The van der Waals surface area contributed by atoms with Gasteiger partial charge in [-0.15, -0.1) is 0 Å². The van der Waals surface area contributed by atoms with E-state index in [0.29, 0.717) is 0 Å². The minimum atomic E-state index is -1.20. The Bertz CT molecular complexity index is 864. The molecule has 5 heteroatoms. The van der Waals surface area contributed by atoms with E-state index in [1.165, 1.54) is 0 Å². The molecule has 1 N–H and O–H groups in total. The normalized spacial score (nSPS) is 25.0. The summed E-state index contributed by atoms with van der Waals surface area (Å²) >= 11 is 0. The molecular formula is C26H34N2O3. The second-order valence-corrected chi connectivity index (χ2v) is 9.11. The summed E-state index contributed by atoms with van der Waals surface area (Å²) in [5.41, 5.74) is 2.88. The Hall–Kier alpha value is -2.37. The average Bonchev–Trinajstić information content (AvgIpc) is 3.07. The van der Waals surface area contributed by atoms with Crippen LogP contribution in [0.4, 0.5) is 4.79 Å². The van der Waals surface area contributed by atoms with Crippen molar-refractivity contribution in [2.45, 2.75) is 70.4 Å². The molecule has 0 bridgehead atoms. The lowest BCUT2D eigenvalue weighted by Gasteiger charge is -2.48. The Kier molecular flexibility index (Phi) is 6.09. The number of amides is 1. The van der Waals surface area contributed by atoms with Crippen LogP contribution in [-0.4, -0.2) is 52.9 Å². The Morgan fingerprint density at radius 2 is 1.55 bits per heavy atom. The van der Waals surface area contributed by atoms with Crippen LogP contribution in [0.2, 0.25) is 0 Å². The van der Waals surface area contributed by atoms with E-state index >= 15 is 0 Å². The van der Waals surface area contributed by atoms with E-state index in [4.69, 9.17) is 4.74 Å². The van der Waals surface area contributed by atoms with Gasteiger partial charge in [0.15, 0.2) is 6.23 Å². The van der Waals surface area contributed by atoms with E-state index in [-0.39, 0.29) is 24.4 Å². The number of likely N-dealkylation sites (tertiary alicyclic amines) is 1. The summed E-state index contributed by atoms with van der Waals surface area (Å²) in [7, 11) is 1.81. The van der Waals surface area contributed by atoms with E-state index in [0.717, 1.165) is 54.5 Å². The van der Waals surface area contributed by atoms with Crippen molar-refractivity contribution in [3.05, 3.63) is 70.8 Å². The summed E-state index contributed by atoms with van der Waals surface area (Å²) in [5, 5.41) is 12.5. The van der Waals surface area contributed by atoms with Gasteiger partial charge in [-0.05, 0) is 44.2 Å². The monoisotopic (exact) mass is 422 g/mol. The van der Waals surface area contributed by atoms with E-state index in [1.807, 2.05) is 31.3 Å². The maximum absolute atomic E-state index is 12.5. The first-order valence-electron chi connectivity index (χ1n) is 11.4.